The summed E-state index contributed by atoms with van der Waals surface area (Å²) in [5, 5.41) is 0. The van der Waals surface area contributed by atoms with Crippen molar-refractivity contribution in [3.63, 3.8) is 0 Å². The summed E-state index contributed by atoms with van der Waals surface area (Å²) < 4.78 is 5.81. The number of nitrogens with zero attached hydrogens (tertiary/aromatic N) is 1. The van der Waals surface area contributed by atoms with Crippen LogP contribution in [0.4, 0.5) is 0 Å². The van der Waals surface area contributed by atoms with Gasteiger partial charge in [0.25, 0.3) is 0 Å². The van der Waals surface area contributed by atoms with Gasteiger partial charge in [0.1, 0.15) is 0 Å². The summed E-state index contributed by atoms with van der Waals surface area (Å²) in [5.41, 5.74) is 6.45. The quantitative estimate of drug-likeness (QED) is 0.839. The number of ether oxygens (including phenoxy) is 1. The van der Waals surface area contributed by atoms with Gasteiger partial charge in [-0.3, -0.25) is 4.90 Å². The van der Waals surface area contributed by atoms with Gasteiger partial charge in [0, 0.05) is 25.2 Å². The Kier molecular flexibility index (Phi) is 4.68. The molecule has 1 saturated heterocycles. The fourth-order valence-corrected chi connectivity index (χ4v) is 3.96. The first-order chi connectivity index (χ1) is 8.62. The van der Waals surface area contributed by atoms with E-state index in [9.17, 15) is 0 Å². The lowest BCUT2D eigenvalue weighted by Crippen LogP contribution is -2.63. The van der Waals surface area contributed by atoms with Crippen LogP contribution in [0.25, 0.3) is 0 Å². The highest BCUT2D eigenvalue weighted by Gasteiger charge is 2.44. The van der Waals surface area contributed by atoms with Crippen LogP contribution in [-0.4, -0.2) is 42.8 Å². The van der Waals surface area contributed by atoms with Crippen molar-refractivity contribution in [3.05, 3.63) is 0 Å². The van der Waals surface area contributed by atoms with E-state index >= 15 is 0 Å². The van der Waals surface area contributed by atoms with Gasteiger partial charge in [-0.2, -0.15) is 0 Å². The molecule has 4 unspecified atom stereocenters. The highest BCUT2D eigenvalue weighted by atomic mass is 16.5. The van der Waals surface area contributed by atoms with E-state index in [-0.39, 0.29) is 5.54 Å². The fourth-order valence-electron chi connectivity index (χ4n) is 3.96. The smallest absolute Gasteiger partial charge is 0.0700 e. The van der Waals surface area contributed by atoms with Gasteiger partial charge in [-0.05, 0) is 37.5 Å². The van der Waals surface area contributed by atoms with Crippen LogP contribution >= 0.6 is 0 Å². The van der Waals surface area contributed by atoms with Gasteiger partial charge in [0.15, 0.2) is 0 Å². The average Bonchev–Trinajstić information content (AvgIpc) is 2.39. The molecule has 3 heteroatoms. The summed E-state index contributed by atoms with van der Waals surface area (Å²) in [7, 11) is 0. The molecule has 2 aliphatic rings. The first-order valence-electron chi connectivity index (χ1n) is 7.69. The molecule has 0 aromatic carbocycles. The third kappa shape index (κ3) is 2.59. The molecule has 1 aliphatic heterocycles. The maximum Gasteiger partial charge on any atom is 0.0700 e. The van der Waals surface area contributed by atoms with Crippen LogP contribution < -0.4 is 5.73 Å². The normalized spacial score (nSPS) is 43.0. The topological polar surface area (TPSA) is 38.5 Å². The van der Waals surface area contributed by atoms with Crippen molar-refractivity contribution in [2.24, 2.45) is 17.6 Å². The lowest BCUT2D eigenvalue weighted by Gasteiger charge is -2.53. The number of rotatable bonds is 3. The fraction of sp³-hybridized carbons (Fsp3) is 1.00. The van der Waals surface area contributed by atoms with Gasteiger partial charge in [-0.15, -0.1) is 0 Å². The molecule has 2 fully saturated rings. The minimum Gasteiger partial charge on any atom is -0.376 e. The van der Waals surface area contributed by atoms with Crippen LogP contribution in [0.5, 0.6) is 0 Å². The Balaban J connectivity index is 2.11. The minimum atomic E-state index is 0.240. The van der Waals surface area contributed by atoms with E-state index in [0.717, 1.165) is 38.6 Å². The third-order valence-electron chi connectivity index (χ3n) is 5.32. The van der Waals surface area contributed by atoms with Crippen molar-refractivity contribution < 1.29 is 4.74 Å². The van der Waals surface area contributed by atoms with Crippen LogP contribution in [0.2, 0.25) is 0 Å². The molecule has 2 N–H and O–H groups in total. The van der Waals surface area contributed by atoms with Gasteiger partial charge in [0.2, 0.25) is 0 Å². The maximum atomic E-state index is 6.21. The second-order valence-electron chi connectivity index (χ2n) is 6.44. The van der Waals surface area contributed by atoms with E-state index in [2.05, 4.69) is 25.7 Å². The Morgan fingerprint density at radius 3 is 2.78 bits per heavy atom. The molecule has 0 bridgehead atoms. The molecule has 0 spiro atoms. The van der Waals surface area contributed by atoms with Gasteiger partial charge < -0.3 is 10.5 Å². The molecule has 4 atom stereocenters. The van der Waals surface area contributed by atoms with Crippen LogP contribution in [0, 0.1) is 11.8 Å². The predicted octanol–water partition coefficient (Wildman–Crippen LogP) is 2.25. The van der Waals surface area contributed by atoms with E-state index in [1.165, 1.54) is 19.3 Å². The molecule has 1 heterocycles. The third-order valence-corrected chi connectivity index (χ3v) is 5.32. The van der Waals surface area contributed by atoms with Gasteiger partial charge in [-0.25, -0.2) is 0 Å². The zero-order valence-corrected chi connectivity index (χ0v) is 12.3. The van der Waals surface area contributed by atoms with Gasteiger partial charge >= 0.3 is 0 Å². The van der Waals surface area contributed by atoms with Crippen LogP contribution in [0.15, 0.2) is 0 Å². The molecule has 0 radical (unpaired) electrons. The molecule has 3 nitrogen and oxygen atoms in total. The molecule has 0 aromatic heterocycles. The zero-order chi connectivity index (χ0) is 13.2. The summed E-state index contributed by atoms with van der Waals surface area (Å²) in [4.78, 5) is 2.65. The second kappa shape index (κ2) is 5.89. The molecular weight excluding hydrogens is 224 g/mol. The van der Waals surface area contributed by atoms with Crippen molar-refractivity contribution in [1.29, 1.82) is 0 Å². The molecule has 106 valence electrons. The van der Waals surface area contributed by atoms with E-state index in [1.54, 1.807) is 0 Å². The Morgan fingerprint density at radius 1 is 1.39 bits per heavy atom. The number of hydrogen-bond donors (Lipinski definition) is 1. The van der Waals surface area contributed by atoms with E-state index in [0.29, 0.717) is 12.0 Å². The summed E-state index contributed by atoms with van der Waals surface area (Å²) in [6.07, 6.45) is 5.44. The van der Waals surface area contributed by atoms with Crippen LogP contribution in [-0.2, 0) is 4.74 Å². The highest BCUT2D eigenvalue weighted by molar-refractivity contribution is 5.00. The standard InChI is InChI=1S/C15H30N2O/c1-4-14-10-17(7-8-18-14)15(11-16)6-5-12(2)9-13(15)3/h12-14H,4-11,16H2,1-3H3. The van der Waals surface area contributed by atoms with Gasteiger partial charge in [-0.1, -0.05) is 20.8 Å². The van der Waals surface area contributed by atoms with Gasteiger partial charge in [0.05, 0.1) is 12.7 Å². The first kappa shape index (κ1) is 14.3. The van der Waals surface area contributed by atoms with Crippen molar-refractivity contribution in [1.82, 2.24) is 4.90 Å². The van der Waals surface area contributed by atoms with Crippen molar-refractivity contribution in [2.75, 3.05) is 26.2 Å². The molecule has 1 saturated carbocycles. The average molecular weight is 254 g/mol. The molecular formula is C15H30N2O. The predicted molar refractivity (Wildman–Crippen MR) is 75.6 cm³/mol. The van der Waals surface area contributed by atoms with Crippen molar-refractivity contribution in [2.45, 2.75) is 58.1 Å². The lowest BCUT2D eigenvalue weighted by atomic mass is 9.68. The molecule has 0 amide bonds. The summed E-state index contributed by atoms with van der Waals surface area (Å²) in [6, 6.07) is 0. The maximum absolute atomic E-state index is 6.21. The summed E-state index contributed by atoms with van der Waals surface area (Å²) >= 11 is 0. The molecule has 1 aliphatic carbocycles. The lowest BCUT2D eigenvalue weighted by molar-refractivity contribution is -0.0964. The monoisotopic (exact) mass is 254 g/mol. The van der Waals surface area contributed by atoms with Crippen LogP contribution in [0.3, 0.4) is 0 Å². The first-order valence-corrected chi connectivity index (χ1v) is 7.69. The number of morpholine rings is 1. The van der Waals surface area contributed by atoms with Crippen molar-refractivity contribution >= 4 is 0 Å². The Bertz CT molecular complexity index is 271. The molecule has 2 rings (SSSR count). The summed E-state index contributed by atoms with van der Waals surface area (Å²) in [5.74, 6) is 1.57. The largest absolute Gasteiger partial charge is 0.376 e. The minimum absolute atomic E-state index is 0.240. The van der Waals surface area contributed by atoms with E-state index in [4.69, 9.17) is 10.5 Å². The number of nitrogens with two attached hydrogens (primary N) is 1. The van der Waals surface area contributed by atoms with E-state index < -0.39 is 0 Å². The Morgan fingerprint density at radius 2 is 2.17 bits per heavy atom. The second-order valence-corrected chi connectivity index (χ2v) is 6.44. The zero-order valence-electron chi connectivity index (χ0n) is 12.3. The SMILES string of the molecule is CCC1CN(C2(CN)CCC(C)CC2C)CCO1. The Labute approximate surface area is 112 Å². The Hall–Kier alpha value is -0.120. The van der Waals surface area contributed by atoms with E-state index in [1.807, 2.05) is 0 Å². The molecule has 0 aromatic rings. The summed E-state index contributed by atoms with van der Waals surface area (Å²) in [6.45, 7) is 10.8. The van der Waals surface area contributed by atoms with Crippen LogP contribution in [0.1, 0.15) is 46.5 Å². The highest BCUT2D eigenvalue weighted by Crippen LogP contribution is 2.41. The molecule has 18 heavy (non-hydrogen) atoms. The number of hydrogen-bond acceptors (Lipinski definition) is 3. The van der Waals surface area contributed by atoms with Crippen molar-refractivity contribution in [3.8, 4) is 0 Å².